The summed E-state index contributed by atoms with van der Waals surface area (Å²) in [5.74, 6) is 0.492. The molecule has 0 spiro atoms. The summed E-state index contributed by atoms with van der Waals surface area (Å²) in [6, 6.07) is 8.47. The Labute approximate surface area is 197 Å². The molecule has 1 aromatic carbocycles. The van der Waals surface area contributed by atoms with E-state index in [1.54, 1.807) is 36.5 Å². The Morgan fingerprint density at radius 1 is 1.15 bits per heavy atom. The van der Waals surface area contributed by atoms with Crippen LogP contribution in [0.5, 0.6) is 5.88 Å². The van der Waals surface area contributed by atoms with E-state index in [0.717, 1.165) is 15.2 Å². The number of hydrogen-bond donors (Lipinski definition) is 2. The van der Waals surface area contributed by atoms with Gasteiger partial charge in [-0.1, -0.05) is 17.7 Å². The molecule has 0 radical (unpaired) electrons. The van der Waals surface area contributed by atoms with Gasteiger partial charge in [0.05, 0.1) is 46.6 Å². The number of aryl methyl sites for hydroxylation is 1. The maximum Gasteiger partial charge on any atom is 0.269 e. The summed E-state index contributed by atoms with van der Waals surface area (Å²) in [5.41, 5.74) is 2.76. The third-order valence-corrected chi connectivity index (χ3v) is 7.74. The Morgan fingerprint density at radius 2 is 1.88 bits per heavy atom. The van der Waals surface area contributed by atoms with Gasteiger partial charge in [0.1, 0.15) is 0 Å². The smallest absolute Gasteiger partial charge is 0.269 e. The molecule has 1 fully saturated rings. The van der Waals surface area contributed by atoms with Crippen molar-refractivity contribution in [1.29, 1.82) is 0 Å². The first-order valence-electron chi connectivity index (χ1n) is 11.1. The normalized spacial score (nSPS) is 18.1. The van der Waals surface area contributed by atoms with Gasteiger partial charge in [0.25, 0.3) is 10.0 Å². The molecule has 0 aliphatic heterocycles. The monoisotopic (exact) mass is 482 g/mol. The molecule has 10 nitrogen and oxygen atoms in total. The van der Waals surface area contributed by atoms with Gasteiger partial charge >= 0.3 is 0 Å². The highest BCUT2D eigenvalue weighted by molar-refractivity contribution is 7.90. The van der Waals surface area contributed by atoms with Crippen LogP contribution in [0, 0.1) is 13.8 Å². The van der Waals surface area contributed by atoms with Crippen molar-refractivity contribution in [1.82, 2.24) is 23.7 Å². The standard InChI is InChI=1S/C23H26N6O4S/c1-4-33-22-19-9-10-28(34(31,32)18-7-5-14(2)6-8-18)21(19)26-23(27-22)25-20-13-24-29(15(20)3)16-11-17(30)12-16/h5-10,13,16-17,30H,4,11-12H2,1-3H3,(H,25,26,27). The van der Waals surface area contributed by atoms with Gasteiger partial charge in [-0.3, -0.25) is 4.68 Å². The second kappa shape index (κ2) is 8.41. The highest BCUT2D eigenvalue weighted by Crippen LogP contribution is 2.35. The maximum atomic E-state index is 13.4. The van der Waals surface area contributed by atoms with Gasteiger partial charge in [-0.2, -0.15) is 15.1 Å². The van der Waals surface area contributed by atoms with E-state index in [9.17, 15) is 13.5 Å². The van der Waals surface area contributed by atoms with E-state index in [1.807, 2.05) is 25.5 Å². The van der Waals surface area contributed by atoms with Gasteiger partial charge < -0.3 is 15.2 Å². The highest BCUT2D eigenvalue weighted by Gasteiger charge is 2.31. The molecule has 1 aliphatic rings. The van der Waals surface area contributed by atoms with Crippen molar-refractivity contribution in [3.05, 3.63) is 54.0 Å². The molecule has 0 bridgehead atoms. The molecule has 4 aromatic rings. The molecule has 3 aromatic heterocycles. The number of benzene rings is 1. The minimum atomic E-state index is -3.87. The molecule has 0 unspecified atom stereocenters. The fourth-order valence-corrected chi connectivity index (χ4v) is 5.37. The molecule has 1 aliphatic carbocycles. The van der Waals surface area contributed by atoms with Crippen molar-refractivity contribution in [2.45, 2.75) is 50.7 Å². The average Bonchev–Trinajstić information content (AvgIpc) is 3.37. The first-order chi connectivity index (χ1) is 16.3. The molecule has 2 N–H and O–H groups in total. The van der Waals surface area contributed by atoms with Crippen molar-refractivity contribution < 1.29 is 18.3 Å². The average molecular weight is 483 g/mol. The fourth-order valence-electron chi connectivity index (χ4n) is 4.08. The van der Waals surface area contributed by atoms with E-state index in [-0.39, 0.29) is 28.6 Å². The number of anilines is 2. The first kappa shape index (κ1) is 22.4. The van der Waals surface area contributed by atoms with E-state index in [4.69, 9.17) is 4.74 Å². The number of hydrogen-bond acceptors (Lipinski definition) is 8. The van der Waals surface area contributed by atoms with Gasteiger partial charge in [-0.25, -0.2) is 12.4 Å². The van der Waals surface area contributed by atoms with Crippen LogP contribution in [0.1, 0.15) is 37.1 Å². The summed E-state index contributed by atoms with van der Waals surface area (Å²) >= 11 is 0. The van der Waals surface area contributed by atoms with E-state index >= 15 is 0 Å². The van der Waals surface area contributed by atoms with E-state index in [0.29, 0.717) is 36.4 Å². The Kier molecular flexibility index (Phi) is 5.53. The van der Waals surface area contributed by atoms with Crippen LogP contribution >= 0.6 is 0 Å². The zero-order valence-electron chi connectivity index (χ0n) is 19.1. The van der Waals surface area contributed by atoms with Crippen molar-refractivity contribution in [2.75, 3.05) is 11.9 Å². The van der Waals surface area contributed by atoms with E-state index in [1.165, 1.54) is 6.20 Å². The van der Waals surface area contributed by atoms with Crippen LogP contribution in [0.25, 0.3) is 11.0 Å². The van der Waals surface area contributed by atoms with Crippen molar-refractivity contribution in [3.8, 4) is 5.88 Å². The van der Waals surface area contributed by atoms with Crippen LogP contribution in [0.15, 0.2) is 47.6 Å². The number of rotatable bonds is 7. The van der Waals surface area contributed by atoms with Crippen molar-refractivity contribution >= 4 is 32.7 Å². The molecule has 0 amide bonds. The fraction of sp³-hybridized carbons (Fsp3) is 0.348. The number of fused-ring (bicyclic) bond motifs is 1. The molecule has 0 atom stereocenters. The summed E-state index contributed by atoms with van der Waals surface area (Å²) in [6.45, 7) is 6.02. The zero-order valence-corrected chi connectivity index (χ0v) is 20.0. The Hall–Kier alpha value is -3.44. The molecule has 11 heteroatoms. The van der Waals surface area contributed by atoms with Crippen LogP contribution < -0.4 is 10.1 Å². The molecule has 3 heterocycles. The topological polar surface area (TPSA) is 124 Å². The van der Waals surface area contributed by atoms with Crippen LogP contribution in [0.3, 0.4) is 0 Å². The SMILES string of the molecule is CCOc1nc(Nc2cnn(C3CC(O)C3)c2C)nc2c1ccn2S(=O)(=O)c1ccc(C)cc1. The number of nitrogens with zero attached hydrogens (tertiary/aromatic N) is 5. The second-order valence-corrected chi connectivity index (χ2v) is 10.3. The molecule has 1 saturated carbocycles. The molecular weight excluding hydrogens is 456 g/mol. The van der Waals surface area contributed by atoms with E-state index in [2.05, 4.69) is 20.4 Å². The number of aromatic nitrogens is 5. The number of nitrogens with one attached hydrogen (secondary N) is 1. The molecule has 0 saturated heterocycles. The van der Waals surface area contributed by atoms with Gasteiger partial charge in [0, 0.05) is 6.20 Å². The molecule has 34 heavy (non-hydrogen) atoms. The minimum Gasteiger partial charge on any atom is -0.477 e. The second-order valence-electron chi connectivity index (χ2n) is 8.44. The lowest BCUT2D eigenvalue weighted by atomic mass is 9.89. The predicted molar refractivity (Wildman–Crippen MR) is 127 cm³/mol. The van der Waals surface area contributed by atoms with Crippen LogP contribution in [0.2, 0.25) is 0 Å². The lowest BCUT2D eigenvalue weighted by Gasteiger charge is -2.32. The highest BCUT2D eigenvalue weighted by atomic mass is 32.2. The Morgan fingerprint density at radius 3 is 2.56 bits per heavy atom. The van der Waals surface area contributed by atoms with Gasteiger partial charge in [0.15, 0.2) is 5.65 Å². The third-order valence-electron chi connectivity index (χ3n) is 6.06. The number of ether oxygens (including phenoxy) is 1. The number of aliphatic hydroxyl groups is 1. The summed E-state index contributed by atoms with van der Waals surface area (Å²) in [4.78, 5) is 9.17. The molecular formula is C23H26N6O4S. The molecule has 5 rings (SSSR count). The Balaban J connectivity index is 1.56. The maximum absolute atomic E-state index is 13.4. The summed E-state index contributed by atoms with van der Waals surface area (Å²) in [7, 11) is -3.87. The van der Waals surface area contributed by atoms with Crippen molar-refractivity contribution in [2.24, 2.45) is 0 Å². The van der Waals surface area contributed by atoms with Crippen LogP contribution in [-0.4, -0.2) is 50.0 Å². The van der Waals surface area contributed by atoms with Gasteiger partial charge in [0.2, 0.25) is 11.8 Å². The summed E-state index contributed by atoms with van der Waals surface area (Å²) in [6.07, 6.45) is 4.20. The van der Waals surface area contributed by atoms with Crippen LogP contribution in [0.4, 0.5) is 11.6 Å². The zero-order chi connectivity index (χ0) is 24.0. The quantitative estimate of drug-likeness (QED) is 0.411. The molecule has 178 valence electrons. The number of aliphatic hydroxyl groups excluding tert-OH is 1. The predicted octanol–water partition coefficient (Wildman–Crippen LogP) is 3.32. The van der Waals surface area contributed by atoms with Crippen molar-refractivity contribution in [3.63, 3.8) is 0 Å². The third kappa shape index (κ3) is 3.80. The summed E-state index contributed by atoms with van der Waals surface area (Å²) in [5, 5.41) is 17.7. The Bertz CT molecular complexity index is 1450. The van der Waals surface area contributed by atoms with E-state index < -0.39 is 10.0 Å². The summed E-state index contributed by atoms with van der Waals surface area (Å²) < 4.78 is 35.5. The van der Waals surface area contributed by atoms with Crippen LogP contribution in [-0.2, 0) is 10.0 Å². The lowest BCUT2D eigenvalue weighted by molar-refractivity contribution is 0.0426. The first-order valence-corrected chi connectivity index (χ1v) is 12.5. The van der Waals surface area contributed by atoms with Gasteiger partial charge in [-0.05, 0) is 51.8 Å². The minimum absolute atomic E-state index is 0.157. The lowest BCUT2D eigenvalue weighted by Crippen LogP contribution is -2.31. The van der Waals surface area contributed by atoms with Gasteiger partial charge in [-0.15, -0.1) is 0 Å². The largest absolute Gasteiger partial charge is 0.477 e.